The molecule has 1 aromatic carbocycles. The molecule has 0 saturated heterocycles. The Morgan fingerprint density at radius 3 is 2.21 bits per heavy atom. The summed E-state index contributed by atoms with van der Waals surface area (Å²) in [4.78, 5) is 12.3. The average molecular weight is 346 g/mol. The zero-order chi connectivity index (χ0) is 18.5. The number of allylic oxidation sites excluding steroid dienone is 2. The van der Waals surface area contributed by atoms with Crippen LogP contribution in [-0.4, -0.2) is 22.1 Å². The Kier molecular flexibility index (Phi) is 7.03. The zero-order valence-electron chi connectivity index (χ0n) is 15.8. The Morgan fingerprint density at radius 1 is 1.21 bits per heavy atom. The summed E-state index contributed by atoms with van der Waals surface area (Å²) < 4.78 is 11.1. The van der Waals surface area contributed by atoms with Gasteiger partial charge in [-0.2, -0.15) is 0 Å². The van der Waals surface area contributed by atoms with Gasteiger partial charge in [-0.1, -0.05) is 32.9 Å². The van der Waals surface area contributed by atoms with Gasteiger partial charge in [-0.3, -0.25) is 0 Å². The third-order valence-electron chi connectivity index (χ3n) is 3.63. The summed E-state index contributed by atoms with van der Waals surface area (Å²) in [6, 6.07) is 1.90. The number of esters is 1. The third-order valence-corrected chi connectivity index (χ3v) is 4.25. The molecule has 0 aliphatic carbocycles. The summed E-state index contributed by atoms with van der Waals surface area (Å²) in [6.07, 6.45) is 5.05. The molecule has 24 heavy (non-hydrogen) atoms. The van der Waals surface area contributed by atoms with E-state index in [-0.39, 0.29) is 11.4 Å². The molecule has 0 N–H and O–H groups in total. The van der Waals surface area contributed by atoms with Crippen LogP contribution >= 0.6 is 0 Å². The van der Waals surface area contributed by atoms with Crippen molar-refractivity contribution in [2.45, 2.75) is 52.1 Å². The van der Waals surface area contributed by atoms with Crippen molar-refractivity contribution in [3.05, 3.63) is 53.6 Å². The molecule has 1 aromatic rings. The summed E-state index contributed by atoms with van der Waals surface area (Å²) in [6.45, 7) is 18.4. The lowest BCUT2D eigenvalue weighted by atomic mass is 9.77. The molecule has 3 nitrogen and oxygen atoms in total. The number of carbonyl (C=O) groups is 1. The first-order valence-electron chi connectivity index (χ1n) is 8.14. The zero-order valence-corrected chi connectivity index (χ0v) is 16.8. The first kappa shape index (κ1) is 20.2. The maximum atomic E-state index is 12.3. The van der Waals surface area contributed by atoms with Crippen LogP contribution in [0.2, 0.25) is 13.1 Å². The second-order valence-corrected chi connectivity index (χ2v) is 9.02. The van der Waals surface area contributed by atoms with E-state index in [2.05, 4.69) is 47.0 Å². The second-order valence-electron chi connectivity index (χ2n) is 7.00. The topological polar surface area (TPSA) is 35.5 Å². The Morgan fingerprint density at radius 2 is 1.79 bits per heavy atom. The molecule has 0 aliphatic heterocycles. The lowest BCUT2D eigenvalue weighted by Gasteiger charge is -2.29. The van der Waals surface area contributed by atoms with Crippen molar-refractivity contribution in [3.63, 3.8) is 0 Å². The van der Waals surface area contributed by atoms with Gasteiger partial charge in [-0.15, -0.1) is 13.2 Å². The van der Waals surface area contributed by atoms with E-state index in [0.717, 1.165) is 11.1 Å². The molecular formula is C20H29O3Si. The predicted molar refractivity (Wildman–Crippen MR) is 102 cm³/mol. The summed E-state index contributed by atoms with van der Waals surface area (Å²) in [5.74, 6) is 0.280. The van der Waals surface area contributed by atoms with Crippen molar-refractivity contribution in [3.8, 4) is 5.75 Å². The van der Waals surface area contributed by atoms with Gasteiger partial charge in [-0.05, 0) is 48.5 Å². The molecule has 0 aromatic heterocycles. The first-order chi connectivity index (χ1) is 11.2. The number of hydrogen-bond acceptors (Lipinski definition) is 3. The van der Waals surface area contributed by atoms with E-state index >= 15 is 0 Å². The van der Waals surface area contributed by atoms with Crippen LogP contribution in [0.15, 0.2) is 31.4 Å². The molecule has 1 rings (SSSR count). The SMILES string of the molecule is C=CCc1cc(C(=O)OC)c(O[Si](C)C)c(CC=C)c1C(C)(C)C. The van der Waals surface area contributed by atoms with Gasteiger partial charge in [0.05, 0.1) is 7.11 Å². The maximum Gasteiger partial charge on any atom is 0.341 e. The number of benzene rings is 1. The Bertz CT molecular complexity index is 625. The van der Waals surface area contributed by atoms with Crippen molar-refractivity contribution in [1.29, 1.82) is 0 Å². The number of ether oxygens (including phenoxy) is 1. The fourth-order valence-electron chi connectivity index (χ4n) is 2.95. The fraction of sp³-hybridized carbons (Fsp3) is 0.450. The largest absolute Gasteiger partial charge is 0.542 e. The van der Waals surface area contributed by atoms with Gasteiger partial charge < -0.3 is 9.16 Å². The van der Waals surface area contributed by atoms with Crippen molar-refractivity contribution in [2.75, 3.05) is 7.11 Å². The maximum absolute atomic E-state index is 12.3. The molecule has 0 unspecified atom stereocenters. The highest BCUT2D eigenvalue weighted by Gasteiger charge is 2.28. The van der Waals surface area contributed by atoms with Crippen LogP contribution in [0, 0.1) is 0 Å². The molecule has 0 spiro atoms. The van der Waals surface area contributed by atoms with Gasteiger partial charge in [0.2, 0.25) is 0 Å². The quantitative estimate of drug-likeness (QED) is 0.402. The van der Waals surface area contributed by atoms with E-state index in [1.165, 1.54) is 12.7 Å². The molecule has 0 bridgehead atoms. The van der Waals surface area contributed by atoms with Crippen molar-refractivity contribution in [2.24, 2.45) is 0 Å². The summed E-state index contributed by atoms with van der Waals surface area (Å²) in [7, 11) is 0.358. The number of carbonyl (C=O) groups excluding carboxylic acids is 1. The van der Waals surface area contributed by atoms with Crippen molar-refractivity contribution >= 4 is 15.0 Å². The van der Waals surface area contributed by atoms with Gasteiger partial charge in [0.25, 0.3) is 9.04 Å². The molecule has 0 fully saturated rings. The van der Waals surface area contributed by atoms with E-state index in [0.29, 0.717) is 24.2 Å². The van der Waals surface area contributed by atoms with Gasteiger partial charge in [0.1, 0.15) is 11.3 Å². The molecular weight excluding hydrogens is 316 g/mol. The standard InChI is InChI=1S/C20H29O3Si/c1-9-11-14-13-16(19(21)22-6)18(23-24(7)8)15(12-10-2)17(14)20(3,4)5/h9-10,13H,1-2,11-12H2,3-8H3. The van der Waals surface area contributed by atoms with Gasteiger partial charge >= 0.3 is 5.97 Å². The molecule has 131 valence electrons. The van der Waals surface area contributed by atoms with Gasteiger partial charge in [-0.25, -0.2) is 4.79 Å². The molecule has 0 saturated carbocycles. The highest BCUT2D eigenvalue weighted by Crippen LogP contribution is 2.39. The Balaban J connectivity index is 3.88. The van der Waals surface area contributed by atoms with Crippen LogP contribution in [-0.2, 0) is 23.0 Å². The average Bonchev–Trinajstić information content (AvgIpc) is 2.47. The number of methoxy groups -OCH3 is 1. The summed E-state index contributed by atoms with van der Waals surface area (Å²) in [5.41, 5.74) is 3.72. The van der Waals surface area contributed by atoms with Crippen molar-refractivity contribution in [1.82, 2.24) is 0 Å². The highest BCUT2D eigenvalue weighted by molar-refractivity contribution is 6.49. The molecule has 0 heterocycles. The van der Waals surface area contributed by atoms with E-state index in [1.807, 2.05) is 18.2 Å². The minimum Gasteiger partial charge on any atom is -0.542 e. The predicted octanol–water partition coefficient (Wildman–Crippen LogP) is 4.86. The van der Waals surface area contributed by atoms with E-state index < -0.39 is 9.04 Å². The lowest BCUT2D eigenvalue weighted by molar-refractivity contribution is 0.0598. The third kappa shape index (κ3) is 4.60. The first-order valence-corrected chi connectivity index (χ1v) is 10.6. The number of rotatable bonds is 7. The Labute approximate surface area is 148 Å². The number of hydrogen-bond donors (Lipinski definition) is 0. The second kappa shape index (κ2) is 8.33. The van der Waals surface area contributed by atoms with Crippen LogP contribution < -0.4 is 4.43 Å². The van der Waals surface area contributed by atoms with E-state index in [9.17, 15) is 4.79 Å². The van der Waals surface area contributed by atoms with Gasteiger partial charge in [0.15, 0.2) is 0 Å². The molecule has 0 aliphatic rings. The normalized spacial score (nSPS) is 11.3. The molecule has 0 atom stereocenters. The van der Waals surface area contributed by atoms with Crippen LogP contribution in [0.1, 0.15) is 47.8 Å². The van der Waals surface area contributed by atoms with Crippen LogP contribution in [0.5, 0.6) is 5.75 Å². The van der Waals surface area contributed by atoms with Crippen LogP contribution in [0.4, 0.5) is 0 Å². The lowest BCUT2D eigenvalue weighted by Crippen LogP contribution is -2.23. The van der Waals surface area contributed by atoms with Crippen molar-refractivity contribution < 1.29 is 14.0 Å². The molecule has 4 heteroatoms. The molecule has 1 radical (unpaired) electrons. The van der Waals surface area contributed by atoms with Gasteiger partial charge in [0, 0.05) is 5.56 Å². The minimum atomic E-state index is -1.04. The highest BCUT2D eigenvalue weighted by atomic mass is 28.3. The summed E-state index contributed by atoms with van der Waals surface area (Å²) in [5, 5.41) is 0. The smallest absolute Gasteiger partial charge is 0.341 e. The Hall–Kier alpha value is -1.81. The summed E-state index contributed by atoms with van der Waals surface area (Å²) >= 11 is 0. The van der Waals surface area contributed by atoms with Crippen LogP contribution in [0.25, 0.3) is 0 Å². The molecule has 0 amide bonds. The minimum absolute atomic E-state index is 0.0855. The fourth-order valence-corrected chi connectivity index (χ4v) is 3.60. The van der Waals surface area contributed by atoms with E-state index in [4.69, 9.17) is 9.16 Å². The van der Waals surface area contributed by atoms with Crippen LogP contribution in [0.3, 0.4) is 0 Å². The monoisotopic (exact) mass is 345 g/mol. The van der Waals surface area contributed by atoms with E-state index in [1.54, 1.807) is 0 Å².